The molecule has 4 nitrogen and oxygen atoms in total. The molecule has 0 radical (unpaired) electrons. The fourth-order valence-corrected chi connectivity index (χ4v) is 2.18. The van der Waals surface area contributed by atoms with Crippen molar-refractivity contribution in [2.75, 3.05) is 13.2 Å². The number of carbonyl (C=O) groups is 2. The molecule has 1 aliphatic rings. The number of hydrogen-bond acceptors (Lipinski definition) is 3. The third-order valence-electron chi connectivity index (χ3n) is 3.47. The number of Topliss-reactive ketones (excluding diaryl/α,β-unsaturated/α-hetero) is 1. The Morgan fingerprint density at radius 2 is 1.90 bits per heavy atom. The fraction of sp³-hybridized carbons (Fsp3) is 0.500. The zero-order valence-corrected chi connectivity index (χ0v) is 12.0. The topological polar surface area (TPSA) is 55.4 Å². The maximum absolute atomic E-state index is 12.3. The van der Waals surface area contributed by atoms with Crippen LogP contribution >= 0.6 is 0 Å². The quantitative estimate of drug-likeness (QED) is 0.865. The van der Waals surface area contributed by atoms with Gasteiger partial charge in [0.25, 0.3) is 0 Å². The maximum atomic E-state index is 12.3. The molecule has 4 heteroatoms. The lowest BCUT2D eigenvalue weighted by atomic mass is 9.94. The van der Waals surface area contributed by atoms with Crippen molar-refractivity contribution in [1.82, 2.24) is 5.32 Å². The normalized spacial score (nSPS) is 16.6. The van der Waals surface area contributed by atoms with Crippen LogP contribution in [-0.4, -0.2) is 24.9 Å². The van der Waals surface area contributed by atoms with Crippen LogP contribution in [0.15, 0.2) is 30.3 Å². The molecule has 1 amide bonds. The van der Waals surface area contributed by atoms with Crippen LogP contribution < -0.4 is 5.32 Å². The van der Waals surface area contributed by atoms with E-state index in [1.165, 1.54) is 0 Å². The van der Waals surface area contributed by atoms with Gasteiger partial charge < -0.3 is 10.1 Å². The van der Waals surface area contributed by atoms with Crippen molar-refractivity contribution in [3.8, 4) is 0 Å². The van der Waals surface area contributed by atoms with Crippen molar-refractivity contribution in [3.05, 3.63) is 35.9 Å². The van der Waals surface area contributed by atoms with Crippen molar-refractivity contribution in [3.63, 3.8) is 0 Å². The van der Waals surface area contributed by atoms with E-state index in [1.54, 1.807) is 0 Å². The molecule has 1 aromatic carbocycles. The highest BCUT2D eigenvalue weighted by atomic mass is 16.5. The second-order valence-corrected chi connectivity index (χ2v) is 5.58. The molecule has 0 spiro atoms. The molecule has 108 valence electrons. The first kappa shape index (κ1) is 14.7. The molecule has 0 unspecified atom stereocenters. The summed E-state index contributed by atoms with van der Waals surface area (Å²) in [5.41, 5.74) is 0.837. The zero-order valence-electron chi connectivity index (χ0n) is 12.0. The molecule has 0 bridgehead atoms. The number of amides is 1. The Kier molecular flexibility index (Phi) is 4.90. The van der Waals surface area contributed by atoms with Crippen LogP contribution in [0.1, 0.15) is 31.9 Å². The third-order valence-corrected chi connectivity index (χ3v) is 3.47. The first-order valence-electron chi connectivity index (χ1n) is 7.03. The number of carbonyl (C=O) groups excluding carboxylic acids is 2. The molecular formula is C16H21NO3. The Labute approximate surface area is 119 Å². The average molecular weight is 275 g/mol. The van der Waals surface area contributed by atoms with Crippen LogP contribution in [0.3, 0.4) is 0 Å². The summed E-state index contributed by atoms with van der Waals surface area (Å²) in [6, 6.07) is 8.84. The molecule has 1 fully saturated rings. The molecule has 1 aromatic rings. The van der Waals surface area contributed by atoms with Crippen molar-refractivity contribution >= 4 is 11.7 Å². The van der Waals surface area contributed by atoms with Crippen molar-refractivity contribution in [1.29, 1.82) is 0 Å². The summed E-state index contributed by atoms with van der Waals surface area (Å²) >= 11 is 0. The van der Waals surface area contributed by atoms with Crippen LogP contribution in [0.4, 0.5) is 0 Å². The molecule has 1 saturated heterocycles. The first-order valence-corrected chi connectivity index (χ1v) is 7.03. The molecule has 0 aromatic heterocycles. The molecule has 1 N–H and O–H groups in total. The number of ketones is 1. The van der Waals surface area contributed by atoms with Crippen molar-refractivity contribution in [2.45, 2.75) is 26.3 Å². The van der Waals surface area contributed by atoms with Gasteiger partial charge in [0.1, 0.15) is 6.04 Å². The van der Waals surface area contributed by atoms with Crippen LogP contribution in [0.25, 0.3) is 0 Å². The number of rotatable bonds is 6. The number of ether oxygens (including phenoxy) is 1. The minimum absolute atomic E-state index is 0.0365. The highest BCUT2D eigenvalue weighted by Crippen LogP contribution is 2.20. The van der Waals surface area contributed by atoms with E-state index in [4.69, 9.17) is 4.74 Å². The van der Waals surface area contributed by atoms with E-state index in [0.717, 1.165) is 5.56 Å². The van der Waals surface area contributed by atoms with Gasteiger partial charge in [-0.2, -0.15) is 0 Å². The van der Waals surface area contributed by atoms with Crippen LogP contribution in [0, 0.1) is 11.8 Å². The molecule has 20 heavy (non-hydrogen) atoms. The Bertz CT molecular complexity index is 466. The predicted molar refractivity (Wildman–Crippen MR) is 76.1 cm³/mol. The second-order valence-electron chi connectivity index (χ2n) is 5.58. The van der Waals surface area contributed by atoms with Gasteiger partial charge in [0, 0.05) is 18.3 Å². The SMILES string of the molecule is CC(C)C(=O)[C@H](NC(=O)CC1COC1)c1ccccc1. The number of benzene rings is 1. The van der Waals surface area contributed by atoms with Gasteiger partial charge in [0.2, 0.25) is 5.91 Å². The van der Waals surface area contributed by atoms with E-state index in [9.17, 15) is 9.59 Å². The average Bonchev–Trinajstić information content (AvgIpc) is 2.40. The molecule has 1 heterocycles. The molecule has 0 saturated carbocycles. The predicted octanol–water partition coefficient (Wildman–Crippen LogP) is 2.11. The van der Waals surface area contributed by atoms with Gasteiger partial charge in [-0.05, 0) is 5.56 Å². The Morgan fingerprint density at radius 3 is 2.40 bits per heavy atom. The molecule has 0 aliphatic carbocycles. The Balaban J connectivity index is 2.06. The maximum Gasteiger partial charge on any atom is 0.221 e. The lowest BCUT2D eigenvalue weighted by Crippen LogP contribution is -2.39. The van der Waals surface area contributed by atoms with Gasteiger partial charge in [-0.25, -0.2) is 0 Å². The van der Waals surface area contributed by atoms with E-state index < -0.39 is 6.04 Å². The fourth-order valence-electron chi connectivity index (χ4n) is 2.18. The van der Waals surface area contributed by atoms with E-state index in [1.807, 2.05) is 44.2 Å². The summed E-state index contributed by atoms with van der Waals surface area (Å²) in [5, 5.41) is 2.87. The monoisotopic (exact) mass is 275 g/mol. The highest BCUT2D eigenvalue weighted by molar-refractivity contribution is 5.91. The van der Waals surface area contributed by atoms with E-state index in [2.05, 4.69) is 5.32 Å². The lowest BCUT2D eigenvalue weighted by molar-refractivity contribution is -0.132. The Hall–Kier alpha value is -1.68. The smallest absolute Gasteiger partial charge is 0.221 e. The molecule has 1 atom stereocenters. The molecule has 1 aliphatic heterocycles. The summed E-state index contributed by atoms with van der Waals surface area (Å²) in [4.78, 5) is 24.3. The Morgan fingerprint density at radius 1 is 1.25 bits per heavy atom. The largest absolute Gasteiger partial charge is 0.381 e. The van der Waals surface area contributed by atoms with E-state index in [0.29, 0.717) is 25.6 Å². The van der Waals surface area contributed by atoms with E-state index in [-0.39, 0.29) is 17.6 Å². The highest BCUT2D eigenvalue weighted by Gasteiger charge is 2.27. The third kappa shape index (κ3) is 3.67. The van der Waals surface area contributed by atoms with Gasteiger partial charge in [-0.3, -0.25) is 9.59 Å². The zero-order chi connectivity index (χ0) is 14.5. The molecule has 2 rings (SSSR count). The van der Waals surface area contributed by atoms with Crippen LogP contribution in [0.2, 0.25) is 0 Å². The summed E-state index contributed by atoms with van der Waals surface area (Å²) in [5.74, 6) is 0.128. The number of nitrogens with one attached hydrogen (secondary N) is 1. The van der Waals surface area contributed by atoms with Gasteiger partial charge in [-0.15, -0.1) is 0 Å². The van der Waals surface area contributed by atoms with Crippen LogP contribution in [-0.2, 0) is 14.3 Å². The minimum Gasteiger partial charge on any atom is -0.381 e. The number of hydrogen-bond donors (Lipinski definition) is 1. The van der Waals surface area contributed by atoms with Gasteiger partial charge in [0.05, 0.1) is 13.2 Å². The summed E-state index contributed by atoms with van der Waals surface area (Å²) < 4.78 is 5.06. The summed E-state index contributed by atoms with van der Waals surface area (Å²) in [7, 11) is 0. The van der Waals surface area contributed by atoms with Crippen LogP contribution in [0.5, 0.6) is 0 Å². The van der Waals surface area contributed by atoms with Gasteiger partial charge in [-0.1, -0.05) is 44.2 Å². The van der Waals surface area contributed by atoms with E-state index >= 15 is 0 Å². The summed E-state index contributed by atoms with van der Waals surface area (Å²) in [6.07, 6.45) is 0.425. The van der Waals surface area contributed by atoms with Gasteiger partial charge in [0.15, 0.2) is 5.78 Å². The lowest BCUT2D eigenvalue weighted by Gasteiger charge is -2.26. The van der Waals surface area contributed by atoms with Crippen molar-refractivity contribution in [2.24, 2.45) is 11.8 Å². The molecular weight excluding hydrogens is 254 g/mol. The van der Waals surface area contributed by atoms with Gasteiger partial charge >= 0.3 is 0 Å². The standard InChI is InChI=1S/C16H21NO3/c1-11(2)16(19)15(13-6-4-3-5-7-13)17-14(18)8-12-9-20-10-12/h3-7,11-12,15H,8-10H2,1-2H3,(H,17,18)/t15-/m1/s1. The summed E-state index contributed by atoms with van der Waals surface area (Å²) in [6.45, 7) is 4.98. The second kappa shape index (κ2) is 6.66. The van der Waals surface area contributed by atoms with Crippen molar-refractivity contribution < 1.29 is 14.3 Å². The minimum atomic E-state index is -0.551. The first-order chi connectivity index (χ1) is 9.58.